The summed E-state index contributed by atoms with van der Waals surface area (Å²) in [6.45, 7) is 3.54. The lowest BCUT2D eigenvalue weighted by Gasteiger charge is -2.21. The van der Waals surface area contributed by atoms with Crippen LogP contribution in [0.5, 0.6) is 0 Å². The highest BCUT2D eigenvalue weighted by Gasteiger charge is 2.18. The van der Waals surface area contributed by atoms with Gasteiger partial charge in [0, 0.05) is 13.1 Å². The van der Waals surface area contributed by atoms with Gasteiger partial charge in [-0.3, -0.25) is 4.79 Å². The molecule has 1 atom stereocenters. The van der Waals surface area contributed by atoms with Crippen LogP contribution < -0.4 is 0 Å². The summed E-state index contributed by atoms with van der Waals surface area (Å²) in [6.07, 6.45) is 4.77. The topological polar surface area (TPSA) is 20.3 Å². The number of likely N-dealkylation sites (tertiary alicyclic amines) is 1. The molecule has 12 heavy (non-hydrogen) atoms. The molecular weight excluding hydrogens is 174 g/mol. The summed E-state index contributed by atoms with van der Waals surface area (Å²) in [6, 6.07) is 0. The Morgan fingerprint density at radius 1 is 1.25 bits per heavy atom. The van der Waals surface area contributed by atoms with Crippen LogP contribution in [-0.4, -0.2) is 29.3 Å². The van der Waals surface area contributed by atoms with Gasteiger partial charge in [0.1, 0.15) is 5.38 Å². The molecule has 0 bridgehead atoms. The van der Waals surface area contributed by atoms with Crippen molar-refractivity contribution in [1.29, 1.82) is 0 Å². The van der Waals surface area contributed by atoms with E-state index in [-0.39, 0.29) is 11.3 Å². The van der Waals surface area contributed by atoms with Gasteiger partial charge in [-0.25, -0.2) is 0 Å². The second kappa shape index (κ2) is 4.70. The van der Waals surface area contributed by atoms with E-state index >= 15 is 0 Å². The molecule has 1 amide bonds. The molecule has 1 aliphatic rings. The number of hydrogen-bond donors (Lipinski definition) is 0. The molecule has 0 aliphatic carbocycles. The third-order valence-corrected chi connectivity index (χ3v) is 2.44. The van der Waals surface area contributed by atoms with Crippen molar-refractivity contribution in [2.45, 2.75) is 38.0 Å². The molecular formula is C9H16ClNO. The van der Waals surface area contributed by atoms with Gasteiger partial charge in [-0.1, -0.05) is 12.8 Å². The van der Waals surface area contributed by atoms with Gasteiger partial charge in [0.2, 0.25) is 5.91 Å². The van der Waals surface area contributed by atoms with Gasteiger partial charge in [0.15, 0.2) is 0 Å². The summed E-state index contributed by atoms with van der Waals surface area (Å²) in [4.78, 5) is 13.3. The number of hydrogen-bond acceptors (Lipinski definition) is 1. The fourth-order valence-electron chi connectivity index (χ4n) is 1.54. The number of rotatable bonds is 1. The molecule has 0 spiro atoms. The second-order valence-electron chi connectivity index (χ2n) is 3.36. The SMILES string of the molecule is C[C@H](Cl)C(=O)N1CCCCCC1. The Labute approximate surface area is 78.9 Å². The highest BCUT2D eigenvalue weighted by Crippen LogP contribution is 2.11. The lowest BCUT2D eigenvalue weighted by molar-refractivity contribution is -0.130. The van der Waals surface area contributed by atoms with E-state index in [0.717, 1.165) is 25.9 Å². The molecule has 1 aliphatic heterocycles. The quantitative estimate of drug-likeness (QED) is 0.578. The summed E-state index contributed by atoms with van der Waals surface area (Å²) in [5.74, 6) is 0.0959. The average Bonchev–Trinajstić information content (AvgIpc) is 2.30. The van der Waals surface area contributed by atoms with Gasteiger partial charge in [-0.05, 0) is 19.8 Å². The molecule has 0 aromatic heterocycles. The van der Waals surface area contributed by atoms with Crippen molar-refractivity contribution in [2.75, 3.05) is 13.1 Å². The van der Waals surface area contributed by atoms with E-state index in [2.05, 4.69) is 0 Å². The van der Waals surface area contributed by atoms with Gasteiger partial charge in [-0.2, -0.15) is 0 Å². The summed E-state index contributed by atoms with van der Waals surface area (Å²) in [7, 11) is 0. The van der Waals surface area contributed by atoms with Crippen molar-refractivity contribution in [2.24, 2.45) is 0 Å². The Balaban J connectivity index is 2.43. The molecule has 0 radical (unpaired) electrons. The predicted octanol–water partition coefficient (Wildman–Crippen LogP) is 2.02. The van der Waals surface area contributed by atoms with Crippen molar-refractivity contribution < 1.29 is 4.79 Å². The van der Waals surface area contributed by atoms with Crippen molar-refractivity contribution in [3.63, 3.8) is 0 Å². The highest BCUT2D eigenvalue weighted by molar-refractivity contribution is 6.30. The molecule has 0 N–H and O–H groups in total. The van der Waals surface area contributed by atoms with Crippen LogP contribution in [0.1, 0.15) is 32.6 Å². The Morgan fingerprint density at radius 3 is 2.17 bits per heavy atom. The lowest BCUT2D eigenvalue weighted by atomic mass is 10.2. The number of carbonyl (C=O) groups is 1. The smallest absolute Gasteiger partial charge is 0.240 e. The van der Waals surface area contributed by atoms with Crippen LogP contribution in [0, 0.1) is 0 Å². The number of amides is 1. The molecule has 1 heterocycles. The zero-order chi connectivity index (χ0) is 8.97. The maximum atomic E-state index is 11.4. The highest BCUT2D eigenvalue weighted by atomic mass is 35.5. The first-order valence-corrected chi connectivity index (χ1v) is 5.08. The third-order valence-electron chi connectivity index (χ3n) is 2.26. The summed E-state index contributed by atoms with van der Waals surface area (Å²) < 4.78 is 0. The third kappa shape index (κ3) is 2.67. The Bertz CT molecular complexity index is 151. The molecule has 1 saturated heterocycles. The standard InChI is InChI=1S/C9H16ClNO/c1-8(10)9(12)11-6-4-2-3-5-7-11/h8H,2-7H2,1H3/t8-/m0/s1. The van der Waals surface area contributed by atoms with Crippen LogP contribution in [0.15, 0.2) is 0 Å². The van der Waals surface area contributed by atoms with E-state index in [1.165, 1.54) is 12.8 Å². The summed E-state index contributed by atoms with van der Waals surface area (Å²) in [5.41, 5.74) is 0. The van der Waals surface area contributed by atoms with Crippen LogP contribution in [0.2, 0.25) is 0 Å². The molecule has 0 aromatic rings. The lowest BCUT2D eigenvalue weighted by Crippen LogP contribution is -2.36. The van der Waals surface area contributed by atoms with Gasteiger partial charge < -0.3 is 4.90 Å². The van der Waals surface area contributed by atoms with Crippen molar-refractivity contribution in [3.8, 4) is 0 Å². The first-order valence-electron chi connectivity index (χ1n) is 4.64. The molecule has 0 unspecified atom stereocenters. The van der Waals surface area contributed by atoms with Gasteiger partial charge in [0.05, 0.1) is 0 Å². The van der Waals surface area contributed by atoms with Crippen LogP contribution in [-0.2, 0) is 4.79 Å². The maximum absolute atomic E-state index is 11.4. The van der Waals surface area contributed by atoms with Crippen molar-refractivity contribution in [3.05, 3.63) is 0 Å². The normalized spacial score (nSPS) is 21.7. The fourth-order valence-corrected chi connectivity index (χ4v) is 1.68. The van der Waals surface area contributed by atoms with Crippen molar-refractivity contribution >= 4 is 17.5 Å². The second-order valence-corrected chi connectivity index (χ2v) is 4.01. The summed E-state index contributed by atoms with van der Waals surface area (Å²) in [5, 5.41) is -0.358. The van der Waals surface area contributed by atoms with E-state index < -0.39 is 0 Å². The van der Waals surface area contributed by atoms with E-state index in [1.807, 2.05) is 4.90 Å². The Morgan fingerprint density at radius 2 is 1.75 bits per heavy atom. The van der Waals surface area contributed by atoms with Gasteiger partial charge in [-0.15, -0.1) is 11.6 Å². The van der Waals surface area contributed by atoms with Gasteiger partial charge in [0.25, 0.3) is 0 Å². The number of halogens is 1. The van der Waals surface area contributed by atoms with Gasteiger partial charge >= 0.3 is 0 Å². The van der Waals surface area contributed by atoms with E-state index in [1.54, 1.807) is 6.92 Å². The van der Waals surface area contributed by atoms with Crippen LogP contribution in [0.25, 0.3) is 0 Å². The van der Waals surface area contributed by atoms with E-state index in [4.69, 9.17) is 11.6 Å². The van der Waals surface area contributed by atoms with Crippen LogP contribution in [0.3, 0.4) is 0 Å². The van der Waals surface area contributed by atoms with E-state index in [9.17, 15) is 4.79 Å². The van der Waals surface area contributed by atoms with E-state index in [0.29, 0.717) is 0 Å². The molecule has 0 aromatic carbocycles. The maximum Gasteiger partial charge on any atom is 0.240 e. The zero-order valence-corrected chi connectivity index (χ0v) is 8.31. The molecule has 70 valence electrons. The number of nitrogens with zero attached hydrogens (tertiary/aromatic N) is 1. The van der Waals surface area contributed by atoms with Crippen LogP contribution in [0.4, 0.5) is 0 Å². The molecule has 1 rings (SSSR count). The number of carbonyl (C=O) groups excluding carboxylic acids is 1. The Hall–Kier alpha value is -0.240. The summed E-state index contributed by atoms with van der Waals surface area (Å²) >= 11 is 5.72. The minimum atomic E-state index is -0.358. The van der Waals surface area contributed by atoms with Crippen LogP contribution >= 0.6 is 11.6 Å². The minimum Gasteiger partial charge on any atom is -0.341 e. The number of alkyl halides is 1. The largest absolute Gasteiger partial charge is 0.341 e. The predicted molar refractivity (Wildman–Crippen MR) is 50.4 cm³/mol. The monoisotopic (exact) mass is 189 g/mol. The average molecular weight is 190 g/mol. The molecule has 1 fully saturated rings. The molecule has 0 saturated carbocycles. The minimum absolute atomic E-state index is 0.0959. The molecule has 3 heteroatoms. The first kappa shape index (κ1) is 9.85. The fraction of sp³-hybridized carbons (Fsp3) is 0.889. The molecule has 2 nitrogen and oxygen atoms in total. The zero-order valence-electron chi connectivity index (χ0n) is 7.55. The Kier molecular flexibility index (Phi) is 3.86. The first-order chi connectivity index (χ1) is 5.72. The van der Waals surface area contributed by atoms with Crippen molar-refractivity contribution in [1.82, 2.24) is 4.90 Å².